The molecule has 4 rings (SSSR count). The second kappa shape index (κ2) is 11.8. The summed E-state index contributed by atoms with van der Waals surface area (Å²) in [6, 6.07) is 23.5. The maximum atomic E-state index is 12.6. The van der Waals surface area contributed by atoms with E-state index in [2.05, 4.69) is 44.2 Å². The van der Waals surface area contributed by atoms with Crippen molar-refractivity contribution < 1.29 is 14.4 Å². The average molecular weight is 445 g/mol. The van der Waals surface area contributed by atoms with Crippen LogP contribution in [0.25, 0.3) is 0 Å². The number of carbonyl (C=O) groups excluding carboxylic acids is 1. The number of carbonyl (C=O) groups is 1. The lowest BCUT2D eigenvalue weighted by Crippen LogP contribution is -2.49. The Labute approximate surface area is 194 Å². The molecule has 0 amide bonds. The number of para-hydroxylation sites is 1. The molecule has 1 aliphatic rings. The Bertz CT molecular complexity index is 1010. The Morgan fingerprint density at radius 3 is 2.39 bits per heavy atom. The minimum absolute atomic E-state index is 0.175. The molecule has 0 radical (unpaired) electrons. The van der Waals surface area contributed by atoms with E-state index in [9.17, 15) is 4.79 Å². The van der Waals surface area contributed by atoms with Crippen LogP contribution >= 0.6 is 0 Å². The molecule has 1 aliphatic heterocycles. The molecule has 3 aromatic rings. The second-order valence-corrected chi connectivity index (χ2v) is 7.83. The van der Waals surface area contributed by atoms with Gasteiger partial charge in [0.15, 0.2) is 12.7 Å². The molecule has 1 fully saturated rings. The third-order valence-corrected chi connectivity index (χ3v) is 5.46. The first-order valence-electron chi connectivity index (χ1n) is 11.1. The molecule has 1 saturated heterocycles. The molecule has 1 unspecified atom stereocenters. The summed E-state index contributed by atoms with van der Waals surface area (Å²) in [7, 11) is 0. The van der Waals surface area contributed by atoms with Gasteiger partial charge in [0.25, 0.3) is 0 Å². The maximum absolute atomic E-state index is 12.6. The molecule has 33 heavy (non-hydrogen) atoms. The van der Waals surface area contributed by atoms with Crippen molar-refractivity contribution in [2.24, 2.45) is 5.16 Å². The normalized spacial score (nSPS) is 15.3. The largest absolute Gasteiger partial charge is 0.454 e. The van der Waals surface area contributed by atoms with Crippen LogP contribution in [0.1, 0.15) is 15.9 Å². The average Bonchev–Trinajstić information content (AvgIpc) is 2.88. The lowest BCUT2D eigenvalue weighted by molar-refractivity contribution is -0.0155. The minimum atomic E-state index is -0.450. The van der Waals surface area contributed by atoms with Crippen molar-refractivity contribution in [2.45, 2.75) is 6.10 Å². The van der Waals surface area contributed by atoms with Gasteiger partial charge in [-0.15, -0.1) is 0 Å². The summed E-state index contributed by atoms with van der Waals surface area (Å²) in [5.74, 6) is -0.410. The van der Waals surface area contributed by atoms with Gasteiger partial charge in [-0.05, 0) is 29.8 Å². The number of piperazine rings is 1. The van der Waals surface area contributed by atoms with Gasteiger partial charge in [-0.3, -0.25) is 9.88 Å². The van der Waals surface area contributed by atoms with E-state index in [1.165, 1.54) is 11.9 Å². The van der Waals surface area contributed by atoms with E-state index in [-0.39, 0.29) is 6.61 Å². The lowest BCUT2D eigenvalue weighted by atomic mass is 10.2. The van der Waals surface area contributed by atoms with Gasteiger partial charge in [-0.1, -0.05) is 53.7 Å². The SMILES string of the molecule is O=C(OC(CON=Cc1ccccc1)CN1CCN(c2ccccc2)CC1)c1cccnc1. The van der Waals surface area contributed by atoms with E-state index in [4.69, 9.17) is 9.57 Å². The van der Waals surface area contributed by atoms with Gasteiger partial charge in [0.2, 0.25) is 0 Å². The highest BCUT2D eigenvalue weighted by atomic mass is 16.6. The number of ether oxygens (including phenoxy) is 1. The third kappa shape index (κ3) is 6.89. The molecule has 0 bridgehead atoms. The number of nitrogens with zero attached hydrogens (tertiary/aromatic N) is 4. The van der Waals surface area contributed by atoms with Crippen molar-refractivity contribution >= 4 is 17.9 Å². The maximum Gasteiger partial charge on any atom is 0.340 e. The molecule has 7 nitrogen and oxygen atoms in total. The van der Waals surface area contributed by atoms with Gasteiger partial charge in [-0.2, -0.15) is 0 Å². The first-order chi connectivity index (χ1) is 16.3. The predicted octanol–water partition coefficient (Wildman–Crippen LogP) is 3.48. The highest BCUT2D eigenvalue weighted by molar-refractivity contribution is 5.89. The summed E-state index contributed by atoms with van der Waals surface area (Å²) in [6.45, 7) is 4.34. The first-order valence-corrected chi connectivity index (χ1v) is 11.1. The molecule has 2 aromatic carbocycles. The molecule has 1 aromatic heterocycles. The van der Waals surface area contributed by atoms with Crippen LogP contribution in [0.15, 0.2) is 90.3 Å². The van der Waals surface area contributed by atoms with Gasteiger partial charge < -0.3 is 14.5 Å². The number of esters is 1. The number of oxime groups is 1. The Morgan fingerprint density at radius 2 is 1.70 bits per heavy atom. The fraction of sp³-hybridized carbons (Fsp3) is 0.269. The van der Waals surface area contributed by atoms with Crippen LogP contribution in [0.2, 0.25) is 0 Å². The zero-order valence-corrected chi connectivity index (χ0v) is 18.5. The zero-order chi connectivity index (χ0) is 22.7. The smallest absolute Gasteiger partial charge is 0.340 e. The monoisotopic (exact) mass is 444 g/mol. The fourth-order valence-corrected chi connectivity index (χ4v) is 3.71. The summed E-state index contributed by atoms with van der Waals surface area (Å²) in [6.07, 6.45) is 4.33. The van der Waals surface area contributed by atoms with Gasteiger partial charge in [-0.25, -0.2) is 4.79 Å². The van der Waals surface area contributed by atoms with Crippen LogP contribution in [0.4, 0.5) is 5.69 Å². The molecule has 170 valence electrons. The van der Waals surface area contributed by atoms with Crippen molar-refractivity contribution in [3.8, 4) is 0 Å². The van der Waals surface area contributed by atoms with Crippen molar-refractivity contribution in [2.75, 3.05) is 44.2 Å². The Kier molecular flexibility index (Phi) is 8.03. The highest BCUT2D eigenvalue weighted by Crippen LogP contribution is 2.16. The number of rotatable bonds is 9. The van der Waals surface area contributed by atoms with Gasteiger partial charge >= 0.3 is 5.97 Å². The van der Waals surface area contributed by atoms with Crippen LogP contribution in [0.3, 0.4) is 0 Å². The molecule has 0 spiro atoms. The van der Waals surface area contributed by atoms with Gasteiger partial charge in [0.1, 0.15) is 0 Å². The van der Waals surface area contributed by atoms with Crippen LogP contribution in [-0.2, 0) is 9.57 Å². The highest BCUT2D eigenvalue weighted by Gasteiger charge is 2.24. The summed E-state index contributed by atoms with van der Waals surface area (Å²) in [4.78, 5) is 26.8. The fourth-order valence-electron chi connectivity index (χ4n) is 3.71. The number of benzene rings is 2. The van der Waals surface area contributed by atoms with E-state index in [1.54, 1.807) is 24.5 Å². The number of hydrogen-bond acceptors (Lipinski definition) is 7. The van der Waals surface area contributed by atoms with Crippen LogP contribution in [0.5, 0.6) is 0 Å². The first kappa shape index (κ1) is 22.5. The number of pyridine rings is 1. The van der Waals surface area contributed by atoms with Crippen molar-refractivity contribution in [3.05, 3.63) is 96.3 Å². The third-order valence-electron chi connectivity index (χ3n) is 5.46. The minimum Gasteiger partial charge on any atom is -0.454 e. The van der Waals surface area contributed by atoms with E-state index >= 15 is 0 Å². The predicted molar refractivity (Wildman–Crippen MR) is 129 cm³/mol. The number of anilines is 1. The zero-order valence-electron chi connectivity index (χ0n) is 18.5. The molecular formula is C26H28N4O3. The Morgan fingerprint density at radius 1 is 0.970 bits per heavy atom. The summed E-state index contributed by atoms with van der Waals surface area (Å²) >= 11 is 0. The molecule has 0 N–H and O–H groups in total. The van der Waals surface area contributed by atoms with Gasteiger partial charge in [0.05, 0.1) is 11.8 Å². The summed E-state index contributed by atoms with van der Waals surface area (Å²) in [5.41, 5.74) is 2.60. The summed E-state index contributed by atoms with van der Waals surface area (Å²) in [5, 5.41) is 4.05. The van der Waals surface area contributed by atoms with Crippen molar-refractivity contribution in [1.82, 2.24) is 9.88 Å². The van der Waals surface area contributed by atoms with Crippen molar-refractivity contribution in [1.29, 1.82) is 0 Å². The molecule has 2 heterocycles. The molecule has 7 heteroatoms. The van der Waals surface area contributed by atoms with E-state index in [0.717, 1.165) is 31.7 Å². The molecule has 0 saturated carbocycles. The number of aromatic nitrogens is 1. The Hall–Kier alpha value is -3.71. The lowest BCUT2D eigenvalue weighted by Gasteiger charge is -2.37. The molecule has 1 atom stereocenters. The second-order valence-electron chi connectivity index (χ2n) is 7.83. The van der Waals surface area contributed by atoms with Gasteiger partial charge in [0, 0.05) is 50.8 Å². The van der Waals surface area contributed by atoms with Crippen LogP contribution in [0, 0.1) is 0 Å². The molecule has 0 aliphatic carbocycles. The van der Waals surface area contributed by atoms with E-state index < -0.39 is 12.1 Å². The standard InChI is InChI=1S/C26H28N4O3/c31-26(23-10-7-13-27-19-23)33-25(21-32-28-18-22-8-3-1-4-9-22)20-29-14-16-30(17-15-29)24-11-5-2-6-12-24/h1-13,18-19,25H,14-17,20-21H2. The topological polar surface area (TPSA) is 67.3 Å². The molecular weight excluding hydrogens is 416 g/mol. The quantitative estimate of drug-likeness (QED) is 0.286. The Balaban J connectivity index is 1.33. The van der Waals surface area contributed by atoms with E-state index in [1.807, 2.05) is 36.4 Å². The number of hydrogen-bond donors (Lipinski definition) is 0. The van der Waals surface area contributed by atoms with Crippen LogP contribution < -0.4 is 4.90 Å². The van der Waals surface area contributed by atoms with Crippen LogP contribution in [-0.4, -0.2) is 67.5 Å². The summed E-state index contributed by atoms with van der Waals surface area (Å²) < 4.78 is 5.77. The van der Waals surface area contributed by atoms with E-state index in [0.29, 0.717) is 12.1 Å². The van der Waals surface area contributed by atoms with Crippen molar-refractivity contribution in [3.63, 3.8) is 0 Å².